The Balaban J connectivity index is 1.54. The number of fused-ring (bicyclic) bond motifs is 1. The highest BCUT2D eigenvalue weighted by atomic mass is 32.2. The lowest BCUT2D eigenvalue weighted by Gasteiger charge is -2.11. The maximum Gasteiger partial charge on any atom is 0.343 e. The van der Waals surface area contributed by atoms with Crippen LogP contribution in [0.3, 0.4) is 0 Å². The molecule has 0 amide bonds. The van der Waals surface area contributed by atoms with Gasteiger partial charge in [0.1, 0.15) is 10.6 Å². The third-order valence-corrected chi connectivity index (χ3v) is 5.89. The minimum Gasteiger partial charge on any atom is -0.493 e. The van der Waals surface area contributed by atoms with E-state index in [9.17, 15) is 13.2 Å². The average Bonchev–Trinajstić information content (AvgIpc) is 3.03. The van der Waals surface area contributed by atoms with Gasteiger partial charge in [-0.25, -0.2) is 4.79 Å². The molecule has 0 bridgehead atoms. The molecular formula is C22H18N2O6S. The maximum atomic E-state index is 12.5. The number of amidine groups is 1. The Morgan fingerprint density at radius 3 is 2.45 bits per heavy atom. The Kier molecular flexibility index (Phi) is 5.35. The molecular weight excluding hydrogens is 420 g/mol. The summed E-state index contributed by atoms with van der Waals surface area (Å²) in [7, 11) is -0.750. The number of nitrogens with zero attached hydrogens (tertiary/aromatic N) is 1. The minimum atomic E-state index is -3.73. The van der Waals surface area contributed by atoms with Crippen molar-refractivity contribution in [2.45, 2.75) is 4.90 Å². The van der Waals surface area contributed by atoms with E-state index in [4.69, 9.17) is 14.2 Å². The number of hydrogen-bond donors (Lipinski definition) is 1. The average molecular weight is 438 g/mol. The van der Waals surface area contributed by atoms with E-state index in [-0.39, 0.29) is 22.0 Å². The van der Waals surface area contributed by atoms with Crippen LogP contribution in [-0.4, -0.2) is 34.4 Å². The number of rotatable bonds is 5. The van der Waals surface area contributed by atoms with E-state index in [1.807, 2.05) is 0 Å². The lowest BCUT2D eigenvalue weighted by molar-refractivity contribution is 0.0734. The maximum absolute atomic E-state index is 12.5. The van der Waals surface area contributed by atoms with Crippen LogP contribution < -0.4 is 19.5 Å². The molecule has 31 heavy (non-hydrogen) atoms. The quantitative estimate of drug-likeness (QED) is 0.480. The van der Waals surface area contributed by atoms with Crippen LogP contribution in [0.1, 0.15) is 15.9 Å². The minimum absolute atomic E-state index is 0.147. The number of ether oxygens (including phenoxy) is 3. The second-order valence-corrected chi connectivity index (χ2v) is 8.10. The number of carbonyl (C=O) groups is 1. The Morgan fingerprint density at radius 2 is 1.68 bits per heavy atom. The number of methoxy groups -OCH3 is 2. The summed E-state index contributed by atoms with van der Waals surface area (Å²) >= 11 is 0. The first-order valence-corrected chi connectivity index (χ1v) is 10.6. The first kappa shape index (κ1) is 20.4. The van der Waals surface area contributed by atoms with Gasteiger partial charge < -0.3 is 19.5 Å². The molecule has 0 radical (unpaired) electrons. The van der Waals surface area contributed by atoms with Crippen molar-refractivity contribution in [3.05, 3.63) is 77.9 Å². The van der Waals surface area contributed by atoms with Crippen molar-refractivity contribution in [2.24, 2.45) is 4.40 Å². The van der Waals surface area contributed by atoms with Crippen molar-refractivity contribution in [2.75, 3.05) is 19.5 Å². The van der Waals surface area contributed by atoms with Gasteiger partial charge in [-0.2, -0.15) is 8.42 Å². The summed E-state index contributed by atoms with van der Waals surface area (Å²) in [6.07, 6.45) is 0. The molecule has 1 heterocycles. The molecule has 0 atom stereocenters. The summed E-state index contributed by atoms with van der Waals surface area (Å²) in [5.41, 5.74) is 1.29. The van der Waals surface area contributed by atoms with Crippen molar-refractivity contribution in [1.29, 1.82) is 0 Å². The molecule has 0 fully saturated rings. The molecule has 1 aliphatic rings. The van der Waals surface area contributed by atoms with Crippen molar-refractivity contribution in [3.8, 4) is 17.2 Å². The highest BCUT2D eigenvalue weighted by Crippen LogP contribution is 2.29. The summed E-state index contributed by atoms with van der Waals surface area (Å²) in [4.78, 5) is 12.7. The first-order chi connectivity index (χ1) is 14.9. The molecule has 0 spiro atoms. The molecule has 1 N–H and O–H groups in total. The van der Waals surface area contributed by atoms with Gasteiger partial charge >= 0.3 is 5.97 Å². The van der Waals surface area contributed by atoms with Crippen molar-refractivity contribution in [3.63, 3.8) is 0 Å². The van der Waals surface area contributed by atoms with Gasteiger partial charge in [0.2, 0.25) is 0 Å². The van der Waals surface area contributed by atoms with Crippen LogP contribution in [0.25, 0.3) is 0 Å². The fourth-order valence-electron chi connectivity index (χ4n) is 3.10. The monoisotopic (exact) mass is 438 g/mol. The summed E-state index contributed by atoms with van der Waals surface area (Å²) < 4.78 is 44.0. The molecule has 3 aromatic carbocycles. The predicted molar refractivity (Wildman–Crippen MR) is 115 cm³/mol. The van der Waals surface area contributed by atoms with Gasteiger partial charge in [0, 0.05) is 17.3 Å². The zero-order valence-corrected chi connectivity index (χ0v) is 17.5. The van der Waals surface area contributed by atoms with Gasteiger partial charge in [-0.3, -0.25) is 0 Å². The van der Waals surface area contributed by atoms with Crippen LogP contribution in [0, 0.1) is 0 Å². The standard InChI is InChI=1S/C22H18N2O6S/c1-28-18-11-10-14(12-19(18)29-2)22(25)30-16-7-5-6-15(13-16)23-21-17-8-3-4-9-20(17)31(26,27)24-21/h3-13H,1-2H3,(H,23,24). The summed E-state index contributed by atoms with van der Waals surface area (Å²) in [6.45, 7) is 0. The fraction of sp³-hybridized carbons (Fsp3) is 0.0909. The first-order valence-electron chi connectivity index (χ1n) is 9.17. The van der Waals surface area contributed by atoms with E-state index in [0.29, 0.717) is 22.7 Å². The van der Waals surface area contributed by atoms with Crippen LogP contribution in [-0.2, 0) is 10.0 Å². The van der Waals surface area contributed by atoms with Gasteiger partial charge in [-0.15, -0.1) is 4.40 Å². The van der Waals surface area contributed by atoms with Gasteiger partial charge in [-0.1, -0.05) is 18.2 Å². The van der Waals surface area contributed by atoms with E-state index < -0.39 is 16.0 Å². The molecule has 4 rings (SSSR count). The zero-order chi connectivity index (χ0) is 22.0. The number of nitrogens with one attached hydrogen (secondary N) is 1. The van der Waals surface area contributed by atoms with E-state index in [1.54, 1.807) is 54.6 Å². The highest BCUT2D eigenvalue weighted by Gasteiger charge is 2.28. The Bertz CT molecular complexity index is 1300. The van der Waals surface area contributed by atoms with Gasteiger partial charge in [0.25, 0.3) is 10.0 Å². The third-order valence-electron chi connectivity index (χ3n) is 4.56. The number of carbonyl (C=O) groups excluding carboxylic acids is 1. The van der Waals surface area contributed by atoms with E-state index in [0.717, 1.165) is 0 Å². The SMILES string of the molecule is COc1ccc(C(=O)Oc2cccc(NC3=NS(=O)(=O)c4ccccc43)c2)cc1OC. The smallest absolute Gasteiger partial charge is 0.343 e. The Hall–Kier alpha value is -3.85. The lowest BCUT2D eigenvalue weighted by Crippen LogP contribution is -2.12. The molecule has 1 aliphatic heterocycles. The van der Waals surface area contributed by atoms with Crippen LogP contribution in [0.2, 0.25) is 0 Å². The van der Waals surface area contributed by atoms with Crippen molar-refractivity contribution >= 4 is 27.5 Å². The normalized spacial score (nSPS) is 13.7. The van der Waals surface area contributed by atoms with E-state index >= 15 is 0 Å². The number of esters is 1. The van der Waals surface area contributed by atoms with E-state index in [1.165, 1.54) is 26.4 Å². The topological polar surface area (TPSA) is 103 Å². The van der Waals surface area contributed by atoms with Crippen molar-refractivity contribution in [1.82, 2.24) is 0 Å². The number of sulfonamides is 1. The van der Waals surface area contributed by atoms with E-state index in [2.05, 4.69) is 9.71 Å². The summed E-state index contributed by atoms with van der Waals surface area (Å²) in [5.74, 6) is 0.812. The molecule has 158 valence electrons. The molecule has 0 unspecified atom stereocenters. The molecule has 0 saturated heterocycles. The number of anilines is 1. The number of hydrogen-bond acceptors (Lipinski definition) is 7. The number of benzene rings is 3. The van der Waals surface area contributed by atoms with Crippen molar-refractivity contribution < 1.29 is 27.4 Å². The van der Waals surface area contributed by atoms with Gasteiger partial charge in [-0.05, 0) is 42.5 Å². The molecule has 8 nitrogen and oxygen atoms in total. The second kappa shape index (κ2) is 8.11. The van der Waals surface area contributed by atoms with Gasteiger partial charge in [0.15, 0.2) is 17.3 Å². The zero-order valence-electron chi connectivity index (χ0n) is 16.7. The second-order valence-electron chi connectivity index (χ2n) is 6.52. The van der Waals surface area contributed by atoms with Crippen LogP contribution in [0.15, 0.2) is 76.0 Å². The third kappa shape index (κ3) is 4.08. The lowest BCUT2D eigenvalue weighted by atomic mass is 10.2. The molecule has 0 saturated carbocycles. The Labute approximate surface area is 179 Å². The van der Waals surface area contributed by atoms with Crippen LogP contribution in [0.4, 0.5) is 5.69 Å². The van der Waals surface area contributed by atoms with Gasteiger partial charge in [0.05, 0.1) is 19.8 Å². The molecule has 9 heteroatoms. The molecule has 0 aromatic heterocycles. The predicted octanol–water partition coefficient (Wildman–Crippen LogP) is 3.48. The van der Waals surface area contributed by atoms with Crippen LogP contribution >= 0.6 is 0 Å². The van der Waals surface area contributed by atoms with Crippen LogP contribution in [0.5, 0.6) is 17.2 Å². The largest absolute Gasteiger partial charge is 0.493 e. The summed E-state index contributed by atoms with van der Waals surface area (Å²) in [5, 5.41) is 2.98. The Morgan fingerprint density at radius 1 is 0.903 bits per heavy atom. The summed E-state index contributed by atoms with van der Waals surface area (Å²) in [6, 6.07) is 17.8. The molecule has 3 aromatic rings. The molecule has 0 aliphatic carbocycles. The highest BCUT2D eigenvalue weighted by molar-refractivity contribution is 7.90. The fourth-order valence-corrected chi connectivity index (χ4v) is 4.27.